The topological polar surface area (TPSA) is 40.5 Å². The van der Waals surface area contributed by atoms with Gasteiger partial charge in [-0.1, -0.05) is 45.8 Å². The summed E-state index contributed by atoms with van der Waals surface area (Å²) < 4.78 is 0. The van der Waals surface area contributed by atoms with Gasteiger partial charge in [0.2, 0.25) is 0 Å². The highest BCUT2D eigenvalue weighted by Gasteiger charge is 2.25. The molecule has 0 aromatic rings. The molecule has 1 aliphatic carbocycles. The van der Waals surface area contributed by atoms with Crippen molar-refractivity contribution in [3.8, 4) is 0 Å². The van der Waals surface area contributed by atoms with Crippen LogP contribution in [0.4, 0.5) is 0 Å². The Morgan fingerprint density at radius 3 is 2.72 bits per heavy atom. The van der Waals surface area contributed by atoms with Crippen molar-refractivity contribution in [2.45, 2.75) is 71.0 Å². The standard InChI is InChI=1S/C16H28O2/c1-4-6-8-13-10-14(11-15(17)7-5-2)12(3)9-16(13)18/h10,13,15-18H,3-9,11H2,1-2H3/t13?,15-,16+/m1/s1. The fourth-order valence-corrected chi connectivity index (χ4v) is 2.64. The van der Waals surface area contributed by atoms with Crippen LogP contribution in [0.1, 0.15) is 58.8 Å². The van der Waals surface area contributed by atoms with E-state index < -0.39 is 0 Å². The molecule has 0 heterocycles. The first-order valence-electron chi connectivity index (χ1n) is 7.33. The van der Waals surface area contributed by atoms with Crippen molar-refractivity contribution in [3.63, 3.8) is 0 Å². The molecule has 0 aromatic heterocycles. The zero-order chi connectivity index (χ0) is 13.5. The number of unbranched alkanes of at least 4 members (excludes halogenated alkanes) is 1. The van der Waals surface area contributed by atoms with Crippen molar-refractivity contribution in [1.29, 1.82) is 0 Å². The molecule has 0 spiro atoms. The van der Waals surface area contributed by atoms with Gasteiger partial charge in [0.25, 0.3) is 0 Å². The van der Waals surface area contributed by atoms with Gasteiger partial charge in [-0.25, -0.2) is 0 Å². The third-order valence-electron chi connectivity index (χ3n) is 3.79. The van der Waals surface area contributed by atoms with Gasteiger partial charge in [-0.2, -0.15) is 0 Å². The lowest BCUT2D eigenvalue weighted by Gasteiger charge is -2.29. The molecule has 0 amide bonds. The zero-order valence-corrected chi connectivity index (χ0v) is 11.9. The maximum Gasteiger partial charge on any atom is 0.0643 e. The van der Waals surface area contributed by atoms with Crippen molar-refractivity contribution in [2.24, 2.45) is 5.92 Å². The monoisotopic (exact) mass is 252 g/mol. The van der Waals surface area contributed by atoms with Gasteiger partial charge in [-0.05, 0) is 36.8 Å². The average Bonchev–Trinajstić information content (AvgIpc) is 2.31. The molecule has 0 saturated carbocycles. The number of rotatable bonds is 7. The Labute approximate surface area is 111 Å². The summed E-state index contributed by atoms with van der Waals surface area (Å²) in [4.78, 5) is 0. The number of hydrogen-bond donors (Lipinski definition) is 2. The molecule has 1 unspecified atom stereocenters. The highest BCUT2D eigenvalue weighted by molar-refractivity contribution is 5.33. The average molecular weight is 252 g/mol. The van der Waals surface area contributed by atoms with E-state index in [1.807, 2.05) is 0 Å². The molecule has 0 bridgehead atoms. The molecule has 2 heteroatoms. The summed E-state index contributed by atoms with van der Waals surface area (Å²) in [6, 6.07) is 0. The van der Waals surface area contributed by atoms with E-state index in [0.717, 1.165) is 37.7 Å². The van der Waals surface area contributed by atoms with Crippen LogP contribution >= 0.6 is 0 Å². The highest BCUT2D eigenvalue weighted by Crippen LogP contribution is 2.32. The minimum absolute atomic E-state index is 0.249. The Hall–Kier alpha value is -0.600. The molecular weight excluding hydrogens is 224 g/mol. The molecule has 0 fully saturated rings. The van der Waals surface area contributed by atoms with Crippen LogP contribution < -0.4 is 0 Å². The van der Waals surface area contributed by atoms with Crippen LogP contribution in [0.3, 0.4) is 0 Å². The second-order valence-corrected chi connectivity index (χ2v) is 5.52. The van der Waals surface area contributed by atoms with E-state index in [4.69, 9.17) is 0 Å². The summed E-state index contributed by atoms with van der Waals surface area (Å²) in [5.74, 6) is 0.249. The van der Waals surface area contributed by atoms with E-state index in [0.29, 0.717) is 12.8 Å². The molecule has 0 aromatic carbocycles. The van der Waals surface area contributed by atoms with Gasteiger partial charge in [0, 0.05) is 5.92 Å². The SMILES string of the molecule is C=C1C[C@H](O)C(CCCC)C=C1C[C@H](O)CCC. The number of hydrogen-bond acceptors (Lipinski definition) is 2. The predicted molar refractivity (Wildman–Crippen MR) is 76.4 cm³/mol. The summed E-state index contributed by atoms with van der Waals surface area (Å²) in [5, 5.41) is 20.0. The van der Waals surface area contributed by atoms with E-state index in [1.165, 1.54) is 5.57 Å². The van der Waals surface area contributed by atoms with E-state index >= 15 is 0 Å². The van der Waals surface area contributed by atoms with E-state index in [1.54, 1.807) is 0 Å². The molecule has 0 radical (unpaired) electrons. The first-order valence-corrected chi connectivity index (χ1v) is 7.33. The maximum absolute atomic E-state index is 10.1. The quantitative estimate of drug-likeness (QED) is 0.727. The Bertz CT molecular complexity index is 293. The molecule has 2 N–H and O–H groups in total. The first-order chi connectivity index (χ1) is 8.58. The van der Waals surface area contributed by atoms with Gasteiger partial charge in [0.05, 0.1) is 12.2 Å². The third kappa shape index (κ3) is 4.58. The Kier molecular flexibility index (Phi) is 6.66. The molecule has 1 aliphatic rings. The lowest BCUT2D eigenvalue weighted by atomic mass is 9.80. The number of aliphatic hydroxyl groups is 2. The molecule has 2 nitrogen and oxygen atoms in total. The second kappa shape index (κ2) is 7.75. The first kappa shape index (κ1) is 15.5. The lowest BCUT2D eigenvalue weighted by Crippen LogP contribution is -2.25. The van der Waals surface area contributed by atoms with Gasteiger partial charge in [0.1, 0.15) is 0 Å². The second-order valence-electron chi connectivity index (χ2n) is 5.52. The van der Waals surface area contributed by atoms with Crippen LogP contribution in [0.15, 0.2) is 23.8 Å². The van der Waals surface area contributed by atoms with E-state index in [-0.39, 0.29) is 18.1 Å². The molecule has 104 valence electrons. The van der Waals surface area contributed by atoms with Gasteiger partial charge >= 0.3 is 0 Å². The van der Waals surface area contributed by atoms with Crippen molar-refractivity contribution in [3.05, 3.63) is 23.8 Å². The molecule has 0 saturated heterocycles. The smallest absolute Gasteiger partial charge is 0.0643 e. The van der Waals surface area contributed by atoms with Gasteiger partial charge in [-0.15, -0.1) is 0 Å². The van der Waals surface area contributed by atoms with Gasteiger partial charge in [0.15, 0.2) is 0 Å². The van der Waals surface area contributed by atoms with Crippen LogP contribution in [-0.2, 0) is 0 Å². The highest BCUT2D eigenvalue weighted by atomic mass is 16.3. The molecular formula is C16H28O2. The summed E-state index contributed by atoms with van der Waals surface area (Å²) in [5.41, 5.74) is 2.17. The van der Waals surface area contributed by atoms with Crippen LogP contribution in [-0.4, -0.2) is 22.4 Å². The normalized spacial score (nSPS) is 26.0. The van der Waals surface area contributed by atoms with Crippen LogP contribution in [0, 0.1) is 5.92 Å². The summed E-state index contributed by atoms with van der Waals surface area (Å²) in [7, 11) is 0. The van der Waals surface area contributed by atoms with Crippen LogP contribution in [0.25, 0.3) is 0 Å². The minimum atomic E-state index is -0.281. The largest absolute Gasteiger partial charge is 0.393 e. The van der Waals surface area contributed by atoms with Crippen molar-refractivity contribution < 1.29 is 10.2 Å². The van der Waals surface area contributed by atoms with E-state index in [9.17, 15) is 10.2 Å². The Morgan fingerprint density at radius 2 is 2.11 bits per heavy atom. The molecule has 1 rings (SSSR count). The van der Waals surface area contributed by atoms with Gasteiger partial charge in [-0.3, -0.25) is 0 Å². The molecule has 3 atom stereocenters. The van der Waals surface area contributed by atoms with Gasteiger partial charge < -0.3 is 10.2 Å². The number of aliphatic hydroxyl groups excluding tert-OH is 2. The van der Waals surface area contributed by atoms with Crippen LogP contribution in [0.5, 0.6) is 0 Å². The fraction of sp³-hybridized carbons (Fsp3) is 0.750. The summed E-state index contributed by atoms with van der Waals surface area (Å²) in [6.45, 7) is 8.29. The molecule has 0 aliphatic heterocycles. The third-order valence-corrected chi connectivity index (χ3v) is 3.79. The summed E-state index contributed by atoms with van der Waals surface area (Å²) in [6.07, 6.45) is 8.16. The zero-order valence-electron chi connectivity index (χ0n) is 11.9. The summed E-state index contributed by atoms with van der Waals surface area (Å²) >= 11 is 0. The minimum Gasteiger partial charge on any atom is -0.393 e. The van der Waals surface area contributed by atoms with E-state index in [2.05, 4.69) is 26.5 Å². The van der Waals surface area contributed by atoms with Crippen LogP contribution in [0.2, 0.25) is 0 Å². The maximum atomic E-state index is 10.1. The van der Waals surface area contributed by atoms with Crippen molar-refractivity contribution in [2.75, 3.05) is 0 Å². The van der Waals surface area contributed by atoms with Crippen molar-refractivity contribution >= 4 is 0 Å². The lowest BCUT2D eigenvalue weighted by molar-refractivity contribution is 0.117. The Balaban J connectivity index is 2.64. The van der Waals surface area contributed by atoms with Crippen molar-refractivity contribution in [1.82, 2.24) is 0 Å². The predicted octanol–water partition coefficient (Wildman–Crippen LogP) is 3.59. The molecule has 18 heavy (non-hydrogen) atoms. The fourth-order valence-electron chi connectivity index (χ4n) is 2.64. The Morgan fingerprint density at radius 1 is 1.39 bits per heavy atom.